The second-order valence-corrected chi connectivity index (χ2v) is 6.22. The number of sulfonamides is 1. The van der Waals surface area contributed by atoms with E-state index in [1.807, 2.05) is 13.0 Å². The quantitative estimate of drug-likeness (QED) is 0.674. The van der Waals surface area contributed by atoms with Gasteiger partial charge in [-0.05, 0) is 36.2 Å². The van der Waals surface area contributed by atoms with E-state index in [-0.39, 0.29) is 6.54 Å². The predicted molar refractivity (Wildman–Crippen MR) is 80.3 cm³/mol. The van der Waals surface area contributed by atoms with Gasteiger partial charge in [-0.2, -0.15) is 0 Å². The van der Waals surface area contributed by atoms with Crippen LogP contribution >= 0.6 is 0 Å². The number of aryl methyl sites for hydroxylation is 1. The van der Waals surface area contributed by atoms with Gasteiger partial charge in [-0.15, -0.1) is 0 Å². The summed E-state index contributed by atoms with van der Waals surface area (Å²) in [5, 5.41) is 3.24. The highest BCUT2D eigenvalue weighted by Gasteiger charge is 2.15. The number of hydrogen-bond acceptors (Lipinski definition) is 4. The van der Waals surface area contributed by atoms with Crippen LogP contribution in [-0.2, 0) is 27.7 Å². The van der Waals surface area contributed by atoms with Crippen LogP contribution in [0.2, 0.25) is 0 Å². The lowest BCUT2D eigenvalue weighted by atomic mass is 10.1. The zero-order valence-electron chi connectivity index (χ0n) is 12.4. The van der Waals surface area contributed by atoms with Crippen LogP contribution < -0.4 is 10.0 Å². The van der Waals surface area contributed by atoms with Crippen LogP contribution in [0.15, 0.2) is 23.1 Å². The molecule has 1 aromatic carbocycles. The summed E-state index contributed by atoms with van der Waals surface area (Å²) < 4.78 is 31.7. The summed E-state index contributed by atoms with van der Waals surface area (Å²) in [4.78, 5) is 0.304. The molecule has 20 heavy (non-hydrogen) atoms. The van der Waals surface area contributed by atoms with E-state index in [9.17, 15) is 8.42 Å². The van der Waals surface area contributed by atoms with E-state index in [2.05, 4.69) is 17.0 Å². The van der Waals surface area contributed by atoms with Gasteiger partial charge in [-0.1, -0.05) is 19.9 Å². The molecule has 0 aliphatic heterocycles. The number of methoxy groups -OCH3 is 1. The van der Waals surface area contributed by atoms with Gasteiger partial charge in [-0.25, -0.2) is 13.1 Å². The van der Waals surface area contributed by atoms with Gasteiger partial charge >= 0.3 is 0 Å². The summed E-state index contributed by atoms with van der Waals surface area (Å²) in [5.74, 6) is 0. The monoisotopic (exact) mass is 300 g/mol. The summed E-state index contributed by atoms with van der Waals surface area (Å²) in [5.41, 5.74) is 2.20. The van der Waals surface area contributed by atoms with Gasteiger partial charge in [-0.3, -0.25) is 0 Å². The average molecular weight is 300 g/mol. The first-order chi connectivity index (χ1) is 9.55. The number of nitrogens with one attached hydrogen (secondary N) is 2. The number of benzene rings is 1. The Bertz CT molecular complexity index is 515. The van der Waals surface area contributed by atoms with Crippen molar-refractivity contribution in [2.45, 2.75) is 31.7 Å². The minimum atomic E-state index is -3.46. The molecule has 0 aliphatic carbocycles. The molecule has 0 bridgehead atoms. The van der Waals surface area contributed by atoms with Crippen molar-refractivity contribution in [3.8, 4) is 0 Å². The van der Waals surface area contributed by atoms with Gasteiger partial charge in [0.25, 0.3) is 0 Å². The van der Waals surface area contributed by atoms with Crippen molar-refractivity contribution in [3.63, 3.8) is 0 Å². The summed E-state index contributed by atoms with van der Waals surface area (Å²) in [6, 6.07) is 5.29. The van der Waals surface area contributed by atoms with Gasteiger partial charge in [0, 0.05) is 20.2 Å². The topological polar surface area (TPSA) is 67.4 Å². The molecule has 0 fully saturated rings. The SMILES string of the molecule is CCNCc1cc(S(=O)(=O)NCCOC)ccc1CC. The van der Waals surface area contributed by atoms with E-state index in [4.69, 9.17) is 4.74 Å². The maximum Gasteiger partial charge on any atom is 0.240 e. The molecule has 0 unspecified atom stereocenters. The second-order valence-electron chi connectivity index (χ2n) is 4.45. The van der Waals surface area contributed by atoms with Crippen LogP contribution in [0, 0.1) is 0 Å². The molecule has 0 spiro atoms. The summed E-state index contributed by atoms with van der Waals surface area (Å²) in [6.45, 7) is 6.26. The van der Waals surface area contributed by atoms with E-state index in [0.29, 0.717) is 18.0 Å². The zero-order chi connectivity index (χ0) is 15.0. The van der Waals surface area contributed by atoms with Crippen LogP contribution in [0.1, 0.15) is 25.0 Å². The highest BCUT2D eigenvalue weighted by atomic mass is 32.2. The summed E-state index contributed by atoms with van der Waals surface area (Å²) in [7, 11) is -1.92. The first kappa shape index (κ1) is 17.1. The Labute approximate surface area is 121 Å². The summed E-state index contributed by atoms with van der Waals surface area (Å²) in [6.07, 6.45) is 0.887. The standard InChI is InChI=1S/C14H24N2O3S/c1-4-12-6-7-14(10-13(12)11-15-5-2)20(17,18)16-8-9-19-3/h6-7,10,15-16H,4-5,8-9,11H2,1-3H3. The molecule has 1 rings (SSSR count). The Kier molecular flexibility index (Phi) is 7.15. The van der Waals surface area contributed by atoms with Crippen molar-refractivity contribution in [1.82, 2.24) is 10.0 Å². The van der Waals surface area contributed by atoms with Crippen molar-refractivity contribution in [2.24, 2.45) is 0 Å². The fourth-order valence-corrected chi connectivity index (χ4v) is 2.96. The highest BCUT2D eigenvalue weighted by Crippen LogP contribution is 2.16. The molecule has 0 aliphatic rings. The van der Waals surface area contributed by atoms with E-state index >= 15 is 0 Å². The van der Waals surface area contributed by atoms with Gasteiger partial charge in [0.1, 0.15) is 0 Å². The van der Waals surface area contributed by atoms with Crippen LogP contribution in [0.25, 0.3) is 0 Å². The Morgan fingerprint density at radius 1 is 1.20 bits per heavy atom. The van der Waals surface area contributed by atoms with E-state index in [0.717, 1.165) is 18.5 Å². The molecule has 5 nitrogen and oxygen atoms in total. The molecule has 6 heteroatoms. The minimum Gasteiger partial charge on any atom is -0.383 e. The van der Waals surface area contributed by atoms with Gasteiger partial charge in [0.15, 0.2) is 0 Å². The number of hydrogen-bond donors (Lipinski definition) is 2. The number of ether oxygens (including phenoxy) is 1. The maximum atomic E-state index is 12.1. The maximum absolute atomic E-state index is 12.1. The molecule has 0 atom stereocenters. The largest absolute Gasteiger partial charge is 0.383 e. The Morgan fingerprint density at radius 3 is 2.55 bits per heavy atom. The summed E-state index contributed by atoms with van der Waals surface area (Å²) >= 11 is 0. The molecular formula is C14H24N2O3S. The van der Waals surface area contributed by atoms with Crippen molar-refractivity contribution >= 4 is 10.0 Å². The first-order valence-electron chi connectivity index (χ1n) is 6.86. The van der Waals surface area contributed by atoms with Gasteiger partial charge in [0.2, 0.25) is 10.0 Å². The molecule has 0 radical (unpaired) electrons. The normalized spacial score (nSPS) is 11.8. The van der Waals surface area contributed by atoms with Crippen molar-refractivity contribution in [1.29, 1.82) is 0 Å². The highest BCUT2D eigenvalue weighted by molar-refractivity contribution is 7.89. The molecule has 0 saturated heterocycles. The third-order valence-corrected chi connectivity index (χ3v) is 4.49. The van der Waals surface area contributed by atoms with Gasteiger partial charge < -0.3 is 10.1 Å². The Morgan fingerprint density at radius 2 is 1.95 bits per heavy atom. The fraction of sp³-hybridized carbons (Fsp3) is 0.571. The lowest BCUT2D eigenvalue weighted by molar-refractivity contribution is 0.204. The molecule has 0 heterocycles. The number of rotatable bonds is 9. The van der Waals surface area contributed by atoms with E-state index < -0.39 is 10.0 Å². The van der Waals surface area contributed by atoms with Crippen molar-refractivity contribution in [2.75, 3.05) is 26.8 Å². The fourth-order valence-electron chi connectivity index (χ4n) is 1.90. The molecule has 2 N–H and O–H groups in total. The lowest BCUT2D eigenvalue weighted by Crippen LogP contribution is -2.27. The average Bonchev–Trinajstić information content (AvgIpc) is 2.44. The van der Waals surface area contributed by atoms with Crippen LogP contribution in [0.3, 0.4) is 0 Å². The first-order valence-corrected chi connectivity index (χ1v) is 8.34. The third kappa shape index (κ3) is 4.86. The predicted octanol–water partition coefficient (Wildman–Crippen LogP) is 1.28. The molecular weight excluding hydrogens is 276 g/mol. The molecule has 0 aromatic heterocycles. The zero-order valence-corrected chi connectivity index (χ0v) is 13.2. The second kappa shape index (κ2) is 8.36. The Hall–Kier alpha value is -0.950. The van der Waals surface area contributed by atoms with Crippen molar-refractivity contribution in [3.05, 3.63) is 29.3 Å². The molecule has 0 amide bonds. The van der Waals surface area contributed by atoms with Crippen molar-refractivity contribution < 1.29 is 13.2 Å². The third-order valence-electron chi connectivity index (χ3n) is 3.03. The van der Waals surface area contributed by atoms with Crippen LogP contribution in [0.5, 0.6) is 0 Å². The van der Waals surface area contributed by atoms with E-state index in [1.54, 1.807) is 19.2 Å². The molecule has 0 saturated carbocycles. The lowest BCUT2D eigenvalue weighted by Gasteiger charge is -2.12. The smallest absolute Gasteiger partial charge is 0.240 e. The van der Waals surface area contributed by atoms with E-state index in [1.165, 1.54) is 5.56 Å². The van der Waals surface area contributed by atoms with Crippen LogP contribution in [0.4, 0.5) is 0 Å². The molecule has 114 valence electrons. The molecule has 1 aromatic rings. The minimum absolute atomic E-state index is 0.275. The van der Waals surface area contributed by atoms with Gasteiger partial charge in [0.05, 0.1) is 11.5 Å². The van der Waals surface area contributed by atoms with Crippen LogP contribution in [-0.4, -0.2) is 35.2 Å². The Balaban J connectivity index is 2.94.